The molecule has 156 valence electrons. The van der Waals surface area contributed by atoms with Gasteiger partial charge in [-0.05, 0) is 32.9 Å². The van der Waals surface area contributed by atoms with Crippen molar-refractivity contribution in [2.45, 2.75) is 26.4 Å². The third kappa shape index (κ3) is 4.20. The van der Waals surface area contributed by atoms with E-state index in [2.05, 4.69) is 19.9 Å². The maximum absolute atomic E-state index is 13.0. The van der Waals surface area contributed by atoms with Crippen molar-refractivity contribution in [1.29, 1.82) is 0 Å². The molecule has 0 atom stereocenters. The van der Waals surface area contributed by atoms with Crippen molar-refractivity contribution in [3.63, 3.8) is 0 Å². The highest BCUT2D eigenvalue weighted by Crippen LogP contribution is 2.29. The maximum atomic E-state index is 13.0. The lowest BCUT2D eigenvalue weighted by molar-refractivity contribution is -0.121. The largest absolute Gasteiger partial charge is 0.444 e. The van der Waals surface area contributed by atoms with Crippen LogP contribution >= 0.6 is 11.3 Å². The predicted molar refractivity (Wildman–Crippen MR) is 109 cm³/mol. The molecule has 0 saturated carbocycles. The van der Waals surface area contributed by atoms with Gasteiger partial charge in [-0.25, -0.2) is 19.7 Å². The number of piperazine rings is 1. The molecule has 1 saturated heterocycles. The van der Waals surface area contributed by atoms with E-state index < -0.39 is 17.6 Å². The first-order chi connectivity index (χ1) is 14.2. The number of anilines is 1. The average molecular weight is 430 g/mol. The van der Waals surface area contributed by atoms with Crippen LogP contribution in [0.25, 0.3) is 20.9 Å². The fraction of sp³-hybridized carbons (Fsp3) is 0.368. The van der Waals surface area contributed by atoms with E-state index in [1.165, 1.54) is 33.4 Å². The summed E-state index contributed by atoms with van der Waals surface area (Å²) in [5, 5.41) is 0.630. The lowest BCUT2D eigenvalue weighted by Crippen LogP contribution is -2.53. The summed E-state index contributed by atoms with van der Waals surface area (Å²) in [7, 11) is 0. The zero-order valence-corrected chi connectivity index (χ0v) is 17.4. The molecule has 1 aliphatic rings. The topological polar surface area (TPSA) is 101 Å². The van der Waals surface area contributed by atoms with Gasteiger partial charge in [-0.2, -0.15) is 9.37 Å². The molecule has 4 heterocycles. The van der Waals surface area contributed by atoms with Crippen LogP contribution in [0, 0.1) is 5.95 Å². The van der Waals surface area contributed by atoms with E-state index in [-0.39, 0.29) is 24.9 Å². The quantitative estimate of drug-likeness (QED) is 0.576. The fourth-order valence-electron chi connectivity index (χ4n) is 2.85. The summed E-state index contributed by atoms with van der Waals surface area (Å²) in [6.07, 6.45) is 2.43. The molecule has 1 fully saturated rings. The summed E-state index contributed by atoms with van der Waals surface area (Å²) < 4.78 is 18.4. The van der Waals surface area contributed by atoms with Gasteiger partial charge in [0, 0.05) is 24.8 Å². The van der Waals surface area contributed by atoms with E-state index in [0.29, 0.717) is 27.5 Å². The number of ether oxygens (including phenoxy) is 1. The van der Waals surface area contributed by atoms with E-state index in [0.717, 1.165) is 0 Å². The van der Waals surface area contributed by atoms with Crippen molar-refractivity contribution in [3.05, 3.63) is 30.5 Å². The number of amides is 2. The first-order valence-electron chi connectivity index (χ1n) is 9.23. The zero-order valence-electron chi connectivity index (χ0n) is 16.6. The molecule has 0 unspecified atom stereocenters. The van der Waals surface area contributed by atoms with Gasteiger partial charge in [0.05, 0.1) is 6.20 Å². The Kier molecular flexibility index (Phi) is 5.06. The van der Waals surface area contributed by atoms with Gasteiger partial charge in [0.1, 0.15) is 27.5 Å². The van der Waals surface area contributed by atoms with Crippen LogP contribution in [0.3, 0.4) is 0 Å². The molecular formula is C19H19FN6O3S. The number of carbonyl (C=O) groups excluding carboxylic acids is 2. The van der Waals surface area contributed by atoms with Crippen LogP contribution in [0.1, 0.15) is 20.8 Å². The Labute approximate surface area is 175 Å². The van der Waals surface area contributed by atoms with E-state index in [4.69, 9.17) is 4.74 Å². The minimum absolute atomic E-state index is 0.106. The Morgan fingerprint density at radius 2 is 1.97 bits per heavy atom. The van der Waals surface area contributed by atoms with Crippen molar-refractivity contribution in [2.24, 2.45) is 0 Å². The third-order valence-electron chi connectivity index (χ3n) is 4.23. The number of fused-ring (bicyclic) bond motifs is 1. The Balaban J connectivity index is 1.52. The smallest absolute Gasteiger partial charge is 0.410 e. The Morgan fingerprint density at radius 3 is 2.63 bits per heavy atom. The van der Waals surface area contributed by atoms with Crippen LogP contribution < -0.4 is 4.90 Å². The van der Waals surface area contributed by atoms with Gasteiger partial charge in [0.2, 0.25) is 17.8 Å². The molecule has 0 radical (unpaired) electrons. The van der Waals surface area contributed by atoms with Crippen molar-refractivity contribution in [3.8, 4) is 10.6 Å². The molecule has 3 aromatic rings. The van der Waals surface area contributed by atoms with Gasteiger partial charge in [-0.3, -0.25) is 14.6 Å². The second kappa shape index (κ2) is 7.56. The number of rotatable bonds is 2. The first-order valence-corrected chi connectivity index (χ1v) is 10.0. The third-order valence-corrected chi connectivity index (χ3v) is 5.24. The molecule has 4 rings (SSSR count). The summed E-state index contributed by atoms with van der Waals surface area (Å²) in [5.74, 6) is -0.603. The minimum Gasteiger partial charge on any atom is -0.444 e. The van der Waals surface area contributed by atoms with E-state index in [9.17, 15) is 14.0 Å². The summed E-state index contributed by atoms with van der Waals surface area (Å²) in [5.41, 5.74) is 0.612. The fourth-order valence-corrected chi connectivity index (χ4v) is 3.75. The highest BCUT2D eigenvalue weighted by Gasteiger charge is 2.32. The monoisotopic (exact) mass is 430 g/mol. The second-order valence-electron chi connectivity index (χ2n) is 7.70. The number of hydrogen-bond donors (Lipinski definition) is 0. The number of aromatic nitrogens is 4. The first kappa shape index (κ1) is 20.1. The highest BCUT2D eigenvalue weighted by molar-refractivity contribution is 7.21. The summed E-state index contributed by atoms with van der Waals surface area (Å²) in [6, 6.07) is 2.86. The lowest BCUT2D eigenvalue weighted by atomic mass is 10.2. The summed E-state index contributed by atoms with van der Waals surface area (Å²) >= 11 is 1.30. The highest BCUT2D eigenvalue weighted by atomic mass is 32.1. The number of carbonyl (C=O) groups is 2. The van der Waals surface area contributed by atoms with E-state index in [1.807, 2.05) is 0 Å². The van der Waals surface area contributed by atoms with Gasteiger partial charge in [0.15, 0.2) is 0 Å². The Hall–Kier alpha value is -3.21. The minimum atomic E-state index is -0.630. The molecule has 0 N–H and O–H groups in total. The van der Waals surface area contributed by atoms with Gasteiger partial charge in [-0.1, -0.05) is 11.3 Å². The molecule has 30 heavy (non-hydrogen) atoms. The van der Waals surface area contributed by atoms with Crippen LogP contribution in [-0.4, -0.2) is 62.1 Å². The Morgan fingerprint density at radius 1 is 1.17 bits per heavy atom. The molecular weight excluding hydrogens is 411 g/mol. The number of thiazole rings is 1. The van der Waals surface area contributed by atoms with Crippen molar-refractivity contribution < 1.29 is 18.7 Å². The van der Waals surface area contributed by atoms with Gasteiger partial charge in [-0.15, -0.1) is 0 Å². The van der Waals surface area contributed by atoms with Crippen LogP contribution in [0.5, 0.6) is 0 Å². The maximum Gasteiger partial charge on any atom is 0.410 e. The van der Waals surface area contributed by atoms with Crippen LogP contribution in [0.2, 0.25) is 0 Å². The normalized spacial score (nSPS) is 15.0. The second-order valence-corrected chi connectivity index (χ2v) is 8.67. The Bertz CT molecular complexity index is 1110. The predicted octanol–water partition coefficient (Wildman–Crippen LogP) is 2.87. The van der Waals surface area contributed by atoms with Gasteiger partial charge < -0.3 is 4.74 Å². The molecule has 0 spiro atoms. The molecule has 3 aromatic heterocycles. The van der Waals surface area contributed by atoms with E-state index >= 15 is 0 Å². The van der Waals surface area contributed by atoms with Crippen LogP contribution in [-0.2, 0) is 9.53 Å². The molecule has 2 amide bonds. The SMILES string of the molecule is CC(C)(C)OC(=O)N1CCN(c2ncc3nc(-c4ccc(F)nc4)sc3n2)C(=O)C1. The van der Waals surface area contributed by atoms with Gasteiger partial charge >= 0.3 is 6.09 Å². The van der Waals surface area contributed by atoms with Gasteiger partial charge in [0.25, 0.3) is 0 Å². The molecule has 1 aliphatic heterocycles. The number of halogens is 1. The number of hydrogen-bond acceptors (Lipinski definition) is 8. The summed E-state index contributed by atoms with van der Waals surface area (Å²) in [4.78, 5) is 45.0. The summed E-state index contributed by atoms with van der Waals surface area (Å²) in [6.45, 7) is 5.80. The molecule has 0 bridgehead atoms. The van der Waals surface area contributed by atoms with Crippen LogP contribution in [0.15, 0.2) is 24.5 Å². The zero-order chi connectivity index (χ0) is 21.5. The standard InChI is InChI=1S/C19H19FN6O3S/c1-19(2,3)29-18(28)25-6-7-26(14(27)10-25)17-22-9-12-16(24-17)30-15(23-12)11-4-5-13(20)21-8-11/h4-5,8-9H,6-7,10H2,1-3H3. The van der Waals surface area contributed by atoms with Crippen LogP contribution in [0.4, 0.5) is 15.1 Å². The van der Waals surface area contributed by atoms with E-state index in [1.54, 1.807) is 33.0 Å². The van der Waals surface area contributed by atoms with Crippen molar-refractivity contribution in [2.75, 3.05) is 24.5 Å². The molecule has 0 aromatic carbocycles. The average Bonchev–Trinajstić information content (AvgIpc) is 3.10. The lowest BCUT2D eigenvalue weighted by Gasteiger charge is -2.34. The number of nitrogens with zero attached hydrogens (tertiary/aromatic N) is 6. The molecule has 9 nitrogen and oxygen atoms in total. The van der Waals surface area contributed by atoms with Crippen molar-refractivity contribution in [1.82, 2.24) is 24.8 Å². The molecule has 0 aliphatic carbocycles. The number of pyridine rings is 1. The molecule has 11 heteroatoms. The van der Waals surface area contributed by atoms with Crippen molar-refractivity contribution >= 4 is 39.6 Å².